The molecule has 2 aromatic rings. The maximum atomic E-state index is 12.2. The average Bonchev–Trinajstić information content (AvgIpc) is 2.66. The van der Waals surface area contributed by atoms with E-state index in [0.29, 0.717) is 17.9 Å². The number of nitrogens with one attached hydrogen (secondary N) is 2. The monoisotopic (exact) mass is 368 g/mol. The summed E-state index contributed by atoms with van der Waals surface area (Å²) < 4.78 is 5.39. The van der Waals surface area contributed by atoms with Gasteiger partial charge in [-0.05, 0) is 43.3 Å². The van der Waals surface area contributed by atoms with E-state index in [-0.39, 0.29) is 24.1 Å². The van der Waals surface area contributed by atoms with Crippen molar-refractivity contribution in [3.8, 4) is 18.1 Å². The van der Waals surface area contributed by atoms with Crippen LogP contribution in [0.5, 0.6) is 5.75 Å². The van der Waals surface area contributed by atoms with Gasteiger partial charge in [0, 0.05) is 4.90 Å². The van der Waals surface area contributed by atoms with Crippen LogP contribution in [0.4, 0.5) is 5.69 Å². The molecule has 2 aromatic carbocycles. The number of carbonyl (C=O) groups is 2. The second-order valence-corrected chi connectivity index (χ2v) is 6.22. The van der Waals surface area contributed by atoms with Crippen molar-refractivity contribution >= 4 is 29.3 Å². The number of hydrogen-bond donors (Lipinski definition) is 2. The molecular weight excluding hydrogens is 348 g/mol. The third kappa shape index (κ3) is 5.87. The van der Waals surface area contributed by atoms with Crippen molar-refractivity contribution in [2.45, 2.75) is 11.8 Å². The zero-order valence-corrected chi connectivity index (χ0v) is 15.3. The summed E-state index contributed by atoms with van der Waals surface area (Å²) in [6, 6.07) is 14.4. The number of para-hydroxylation sites is 1. The van der Waals surface area contributed by atoms with Crippen LogP contribution in [0.1, 0.15) is 17.3 Å². The van der Waals surface area contributed by atoms with Gasteiger partial charge in [0.25, 0.3) is 5.91 Å². The Morgan fingerprint density at radius 3 is 2.58 bits per heavy atom. The number of ether oxygens (including phenoxy) is 1. The van der Waals surface area contributed by atoms with Gasteiger partial charge in [-0.15, -0.1) is 18.2 Å². The van der Waals surface area contributed by atoms with Crippen LogP contribution in [0, 0.1) is 12.3 Å². The lowest BCUT2D eigenvalue weighted by Crippen LogP contribution is -2.25. The van der Waals surface area contributed by atoms with E-state index in [0.717, 1.165) is 10.6 Å². The molecule has 0 aromatic heterocycles. The SMILES string of the molecule is C#CCNC(=O)c1ccccc1NC(=O)CSc1ccc(OCC)cc1. The number of thioether (sulfide) groups is 1. The molecule has 2 rings (SSSR count). The highest BCUT2D eigenvalue weighted by atomic mass is 32.2. The minimum Gasteiger partial charge on any atom is -0.494 e. The van der Waals surface area contributed by atoms with Crippen LogP contribution < -0.4 is 15.4 Å². The lowest BCUT2D eigenvalue weighted by Gasteiger charge is -2.10. The van der Waals surface area contributed by atoms with Crippen molar-refractivity contribution in [2.75, 3.05) is 24.2 Å². The van der Waals surface area contributed by atoms with Crippen LogP contribution in [0.15, 0.2) is 53.4 Å². The summed E-state index contributed by atoms with van der Waals surface area (Å²) in [4.78, 5) is 25.3. The lowest BCUT2D eigenvalue weighted by molar-refractivity contribution is -0.113. The van der Waals surface area contributed by atoms with Crippen LogP contribution >= 0.6 is 11.8 Å². The average molecular weight is 368 g/mol. The summed E-state index contributed by atoms with van der Waals surface area (Å²) >= 11 is 1.41. The largest absolute Gasteiger partial charge is 0.494 e. The molecule has 0 aliphatic heterocycles. The first-order chi connectivity index (χ1) is 12.6. The van der Waals surface area contributed by atoms with Crippen molar-refractivity contribution in [1.82, 2.24) is 5.32 Å². The molecule has 2 N–H and O–H groups in total. The number of rotatable bonds is 8. The maximum absolute atomic E-state index is 12.2. The van der Waals surface area contributed by atoms with Gasteiger partial charge in [0.1, 0.15) is 5.75 Å². The fourth-order valence-corrected chi connectivity index (χ4v) is 2.85. The Morgan fingerprint density at radius 1 is 1.15 bits per heavy atom. The van der Waals surface area contributed by atoms with Gasteiger partial charge in [-0.25, -0.2) is 0 Å². The zero-order valence-electron chi connectivity index (χ0n) is 14.5. The Kier molecular flexibility index (Phi) is 7.59. The molecule has 0 heterocycles. The molecule has 0 atom stereocenters. The van der Waals surface area contributed by atoms with Gasteiger partial charge in [0.2, 0.25) is 5.91 Å². The molecule has 0 bridgehead atoms. The summed E-state index contributed by atoms with van der Waals surface area (Å²) in [5.41, 5.74) is 0.835. The predicted molar refractivity (Wildman–Crippen MR) is 105 cm³/mol. The molecule has 0 saturated heterocycles. The highest BCUT2D eigenvalue weighted by Gasteiger charge is 2.12. The second kappa shape index (κ2) is 10.2. The van der Waals surface area contributed by atoms with E-state index in [1.54, 1.807) is 24.3 Å². The maximum Gasteiger partial charge on any atom is 0.254 e. The fraction of sp³-hybridized carbons (Fsp3) is 0.200. The molecular formula is C20H20N2O3S. The van der Waals surface area contributed by atoms with Crippen LogP contribution in [0.2, 0.25) is 0 Å². The Balaban J connectivity index is 1.93. The van der Waals surface area contributed by atoms with Crippen LogP contribution in [0.3, 0.4) is 0 Å². The normalized spacial score (nSPS) is 9.85. The van der Waals surface area contributed by atoms with Crippen molar-refractivity contribution in [3.05, 3.63) is 54.1 Å². The number of hydrogen-bond acceptors (Lipinski definition) is 4. The zero-order chi connectivity index (χ0) is 18.8. The first kappa shape index (κ1) is 19.4. The molecule has 5 nitrogen and oxygen atoms in total. The van der Waals surface area contributed by atoms with Crippen molar-refractivity contribution in [3.63, 3.8) is 0 Å². The van der Waals surface area contributed by atoms with Crippen LogP contribution in [-0.4, -0.2) is 30.7 Å². The van der Waals surface area contributed by atoms with Gasteiger partial charge >= 0.3 is 0 Å². The molecule has 0 fully saturated rings. The minimum absolute atomic E-state index is 0.134. The van der Waals surface area contributed by atoms with E-state index in [1.807, 2.05) is 31.2 Å². The molecule has 0 radical (unpaired) electrons. The van der Waals surface area contributed by atoms with E-state index in [2.05, 4.69) is 16.6 Å². The Morgan fingerprint density at radius 2 is 1.88 bits per heavy atom. The molecule has 2 amide bonds. The summed E-state index contributed by atoms with van der Waals surface area (Å²) in [7, 11) is 0. The van der Waals surface area contributed by atoms with Crippen LogP contribution in [0.25, 0.3) is 0 Å². The molecule has 0 saturated carbocycles. The number of terminal acetylenes is 1. The Labute approximate surface area is 157 Å². The van der Waals surface area contributed by atoms with E-state index in [9.17, 15) is 9.59 Å². The van der Waals surface area contributed by atoms with E-state index in [4.69, 9.17) is 11.2 Å². The predicted octanol–water partition coefficient (Wildman–Crippen LogP) is 3.18. The smallest absolute Gasteiger partial charge is 0.254 e. The van der Waals surface area contributed by atoms with E-state index >= 15 is 0 Å². The van der Waals surface area contributed by atoms with Gasteiger partial charge < -0.3 is 15.4 Å². The Hall–Kier alpha value is -2.91. The third-order valence-corrected chi connectivity index (χ3v) is 4.31. The van der Waals surface area contributed by atoms with Gasteiger partial charge in [-0.3, -0.25) is 9.59 Å². The van der Waals surface area contributed by atoms with E-state index < -0.39 is 0 Å². The molecule has 6 heteroatoms. The number of anilines is 1. The molecule has 0 aliphatic rings. The first-order valence-electron chi connectivity index (χ1n) is 8.10. The number of amides is 2. The van der Waals surface area contributed by atoms with Crippen molar-refractivity contribution in [2.24, 2.45) is 0 Å². The first-order valence-corrected chi connectivity index (χ1v) is 9.08. The Bertz CT molecular complexity index is 797. The second-order valence-electron chi connectivity index (χ2n) is 5.17. The summed E-state index contributed by atoms with van der Waals surface area (Å²) in [6.45, 7) is 2.68. The molecule has 0 spiro atoms. The van der Waals surface area contributed by atoms with Gasteiger partial charge in [-0.2, -0.15) is 0 Å². The summed E-state index contributed by atoms with van der Waals surface area (Å²) in [5.74, 6) is 2.86. The quantitative estimate of drug-likeness (QED) is 0.555. The van der Waals surface area contributed by atoms with Crippen LogP contribution in [-0.2, 0) is 4.79 Å². The van der Waals surface area contributed by atoms with Crippen molar-refractivity contribution in [1.29, 1.82) is 0 Å². The molecule has 0 unspecified atom stereocenters. The van der Waals surface area contributed by atoms with Gasteiger partial charge in [0.05, 0.1) is 30.2 Å². The highest BCUT2D eigenvalue weighted by Crippen LogP contribution is 2.22. The molecule has 134 valence electrons. The third-order valence-electron chi connectivity index (χ3n) is 3.30. The number of benzene rings is 2. The lowest BCUT2D eigenvalue weighted by atomic mass is 10.1. The van der Waals surface area contributed by atoms with Gasteiger partial charge in [0.15, 0.2) is 0 Å². The summed E-state index contributed by atoms with van der Waals surface area (Å²) in [6.07, 6.45) is 5.15. The van der Waals surface area contributed by atoms with Gasteiger partial charge in [-0.1, -0.05) is 18.1 Å². The topological polar surface area (TPSA) is 67.4 Å². The summed E-state index contributed by atoms with van der Waals surface area (Å²) in [5, 5.41) is 5.37. The highest BCUT2D eigenvalue weighted by molar-refractivity contribution is 8.00. The van der Waals surface area contributed by atoms with Crippen molar-refractivity contribution < 1.29 is 14.3 Å². The fourth-order valence-electron chi connectivity index (χ4n) is 2.15. The number of carbonyl (C=O) groups excluding carboxylic acids is 2. The standard InChI is InChI=1S/C20H20N2O3S/c1-3-13-21-20(24)17-7-5-6-8-18(17)22-19(23)14-26-16-11-9-15(10-12-16)25-4-2/h1,5-12H,4,13-14H2,2H3,(H,21,24)(H,22,23). The molecule has 26 heavy (non-hydrogen) atoms. The minimum atomic E-state index is -0.321. The van der Waals surface area contributed by atoms with E-state index in [1.165, 1.54) is 11.8 Å². The molecule has 0 aliphatic carbocycles.